The molecular weight excluding hydrogens is 375 g/mol. The molecule has 0 bridgehead atoms. The van der Waals surface area contributed by atoms with Crippen molar-refractivity contribution in [2.45, 2.75) is 12.1 Å². The van der Waals surface area contributed by atoms with Gasteiger partial charge >= 0.3 is 0 Å². The topological polar surface area (TPSA) is 111 Å². The van der Waals surface area contributed by atoms with Gasteiger partial charge < -0.3 is 9.73 Å². The van der Waals surface area contributed by atoms with Crippen LogP contribution in [-0.4, -0.2) is 26.8 Å². The number of rotatable bonds is 6. The van der Waals surface area contributed by atoms with E-state index in [1.165, 1.54) is 42.5 Å². The minimum atomic E-state index is -0.497. The maximum Gasteiger partial charge on any atom is 0.277 e. The van der Waals surface area contributed by atoms with Gasteiger partial charge in [0, 0.05) is 23.4 Å². The van der Waals surface area contributed by atoms with Gasteiger partial charge in [-0.2, -0.15) is 0 Å². The van der Waals surface area contributed by atoms with E-state index in [1.54, 1.807) is 6.92 Å². The first-order chi connectivity index (χ1) is 12.9. The number of amides is 1. The molecule has 0 saturated carbocycles. The van der Waals surface area contributed by atoms with Crippen LogP contribution in [0.3, 0.4) is 0 Å². The van der Waals surface area contributed by atoms with Gasteiger partial charge in [0.25, 0.3) is 10.9 Å². The Morgan fingerprint density at radius 2 is 2.00 bits per heavy atom. The third kappa shape index (κ3) is 4.67. The fourth-order valence-corrected chi connectivity index (χ4v) is 2.76. The normalized spacial score (nSPS) is 10.6. The minimum absolute atomic E-state index is 0.0154. The molecule has 0 saturated heterocycles. The molecule has 10 heteroatoms. The zero-order valence-corrected chi connectivity index (χ0v) is 14.8. The first-order valence-corrected chi connectivity index (χ1v) is 8.68. The summed E-state index contributed by atoms with van der Waals surface area (Å²) in [5, 5.41) is 21.3. The molecule has 3 aromatic rings. The van der Waals surface area contributed by atoms with Gasteiger partial charge in [-0.05, 0) is 42.8 Å². The van der Waals surface area contributed by atoms with Gasteiger partial charge in [0.1, 0.15) is 5.82 Å². The number of thioether (sulfide) groups is 1. The van der Waals surface area contributed by atoms with Crippen LogP contribution in [0, 0.1) is 22.9 Å². The number of carbonyl (C=O) groups excluding carboxylic acids is 1. The van der Waals surface area contributed by atoms with E-state index in [0.717, 1.165) is 11.8 Å². The summed E-state index contributed by atoms with van der Waals surface area (Å²) in [7, 11) is 0. The molecule has 8 nitrogen and oxygen atoms in total. The zero-order valence-electron chi connectivity index (χ0n) is 14.0. The summed E-state index contributed by atoms with van der Waals surface area (Å²) < 4.78 is 18.4. The number of carbonyl (C=O) groups is 1. The van der Waals surface area contributed by atoms with Gasteiger partial charge in [0.15, 0.2) is 0 Å². The lowest BCUT2D eigenvalue weighted by molar-refractivity contribution is -0.384. The van der Waals surface area contributed by atoms with Gasteiger partial charge in [-0.25, -0.2) is 4.39 Å². The third-order valence-electron chi connectivity index (χ3n) is 3.52. The number of anilines is 1. The summed E-state index contributed by atoms with van der Waals surface area (Å²) in [5.41, 5.74) is 1.60. The van der Waals surface area contributed by atoms with Crippen molar-refractivity contribution in [3.8, 4) is 11.5 Å². The van der Waals surface area contributed by atoms with Crippen molar-refractivity contribution in [3.05, 3.63) is 64.0 Å². The molecule has 1 heterocycles. The second-order valence-electron chi connectivity index (χ2n) is 5.47. The summed E-state index contributed by atoms with van der Waals surface area (Å²) in [4.78, 5) is 22.3. The fraction of sp³-hybridized carbons (Fsp3) is 0.118. The molecule has 0 radical (unpaired) electrons. The molecule has 1 N–H and O–H groups in total. The van der Waals surface area contributed by atoms with Crippen molar-refractivity contribution in [1.82, 2.24) is 10.2 Å². The Hall–Kier alpha value is -3.27. The predicted octanol–water partition coefficient (Wildman–Crippen LogP) is 3.82. The number of benzene rings is 2. The maximum atomic E-state index is 12.9. The molecule has 0 aliphatic rings. The Balaban J connectivity index is 1.58. The number of aryl methyl sites for hydroxylation is 1. The molecule has 0 fully saturated rings. The van der Waals surface area contributed by atoms with Crippen LogP contribution in [0.5, 0.6) is 0 Å². The molecule has 0 spiro atoms. The molecule has 0 aliphatic heterocycles. The molecule has 1 amide bonds. The largest absolute Gasteiger partial charge is 0.411 e. The van der Waals surface area contributed by atoms with Gasteiger partial charge in [-0.1, -0.05) is 11.8 Å². The Morgan fingerprint density at radius 3 is 2.67 bits per heavy atom. The smallest absolute Gasteiger partial charge is 0.277 e. The molecule has 2 aromatic carbocycles. The lowest BCUT2D eigenvalue weighted by atomic mass is 10.2. The highest BCUT2D eigenvalue weighted by molar-refractivity contribution is 7.99. The van der Waals surface area contributed by atoms with Crippen molar-refractivity contribution in [3.63, 3.8) is 0 Å². The summed E-state index contributed by atoms with van der Waals surface area (Å²) >= 11 is 1.05. The van der Waals surface area contributed by atoms with Gasteiger partial charge in [0.05, 0.1) is 10.7 Å². The average molecular weight is 388 g/mol. The SMILES string of the molecule is Cc1cc([N+](=O)[O-])ccc1NC(=O)CSc1nnc(-c2ccc(F)cc2)o1. The molecule has 3 rings (SSSR count). The van der Waals surface area contributed by atoms with Crippen molar-refractivity contribution in [2.24, 2.45) is 0 Å². The van der Waals surface area contributed by atoms with Crippen LogP contribution in [0.1, 0.15) is 5.56 Å². The van der Waals surface area contributed by atoms with Crippen molar-refractivity contribution >= 4 is 29.0 Å². The highest BCUT2D eigenvalue weighted by Gasteiger charge is 2.13. The summed E-state index contributed by atoms with van der Waals surface area (Å²) in [6.45, 7) is 1.67. The number of aromatic nitrogens is 2. The second-order valence-corrected chi connectivity index (χ2v) is 6.40. The Bertz CT molecular complexity index is 991. The van der Waals surface area contributed by atoms with Crippen LogP contribution < -0.4 is 5.32 Å². The quantitative estimate of drug-likeness (QED) is 0.388. The molecule has 0 unspecified atom stereocenters. The lowest BCUT2D eigenvalue weighted by Crippen LogP contribution is -2.14. The minimum Gasteiger partial charge on any atom is -0.411 e. The highest BCUT2D eigenvalue weighted by Crippen LogP contribution is 2.24. The van der Waals surface area contributed by atoms with Crippen molar-refractivity contribution < 1.29 is 18.5 Å². The van der Waals surface area contributed by atoms with Crippen molar-refractivity contribution in [2.75, 3.05) is 11.1 Å². The number of nitrogens with zero attached hydrogens (tertiary/aromatic N) is 3. The molecular formula is C17H13FN4O4S. The first-order valence-electron chi connectivity index (χ1n) is 7.69. The third-order valence-corrected chi connectivity index (χ3v) is 4.34. The molecule has 1 aromatic heterocycles. The van der Waals surface area contributed by atoms with Crippen LogP contribution in [0.15, 0.2) is 52.1 Å². The van der Waals surface area contributed by atoms with E-state index in [0.29, 0.717) is 16.8 Å². The predicted molar refractivity (Wildman–Crippen MR) is 96.9 cm³/mol. The lowest BCUT2D eigenvalue weighted by Gasteiger charge is -2.07. The van der Waals surface area contributed by atoms with E-state index in [9.17, 15) is 19.3 Å². The number of hydrogen-bond acceptors (Lipinski definition) is 7. The summed E-state index contributed by atoms with van der Waals surface area (Å²) in [6, 6.07) is 9.79. The van der Waals surface area contributed by atoms with Gasteiger partial charge in [-0.3, -0.25) is 14.9 Å². The second kappa shape index (κ2) is 7.96. The van der Waals surface area contributed by atoms with Crippen LogP contribution in [-0.2, 0) is 4.79 Å². The van der Waals surface area contributed by atoms with Gasteiger partial charge in [0.2, 0.25) is 11.8 Å². The molecule has 138 valence electrons. The average Bonchev–Trinajstić information content (AvgIpc) is 3.11. The monoisotopic (exact) mass is 388 g/mol. The Kier molecular flexibility index (Phi) is 5.46. The Labute approximate surface area is 156 Å². The van der Waals surface area contributed by atoms with Crippen LogP contribution in [0.25, 0.3) is 11.5 Å². The maximum absolute atomic E-state index is 12.9. The molecule has 27 heavy (non-hydrogen) atoms. The fourth-order valence-electron chi connectivity index (χ4n) is 2.19. The molecule has 0 atom stereocenters. The molecule has 0 aliphatic carbocycles. The van der Waals surface area contributed by atoms with E-state index in [1.807, 2.05) is 0 Å². The van der Waals surface area contributed by atoms with Crippen LogP contribution in [0.4, 0.5) is 15.8 Å². The highest BCUT2D eigenvalue weighted by atomic mass is 32.2. The standard InChI is InChI=1S/C17H13FN4O4S/c1-10-8-13(22(24)25)6-7-14(10)19-15(23)9-27-17-21-20-16(26-17)11-2-4-12(18)5-3-11/h2-8H,9H2,1H3,(H,19,23). The van der Waals surface area contributed by atoms with E-state index >= 15 is 0 Å². The number of halogens is 1. The van der Waals surface area contributed by atoms with E-state index in [2.05, 4.69) is 15.5 Å². The Morgan fingerprint density at radius 1 is 1.26 bits per heavy atom. The summed E-state index contributed by atoms with van der Waals surface area (Å²) in [5.74, 6) is -0.449. The summed E-state index contributed by atoms with van der Waals surface area (Å²) in [6.07, 6.45) is 0. The number of nitro benzene ring substituents is 1. The zero-order chi connectivity index (χ0) is 19.4. The van der Waals surface area contributed by atoms with Gasteiger partial charge in [-0.15, -0.1) is 10.2 Å². The van der Waals surface area contributed by atoms with E-state index < -0.39 is 4.92 Å². The first kappa shape index (κ1) is 18.5. The van der Waals surface area contributed by atoms with Crippen LogP contribution in [0.2, 0.25) is 0 Å². The number of non-ortho nitro benzene ring substituents is 1. The number of nitrogens with one attached hydrogen (secondary N) is 1. The number of nitro groups is 1. The number of hydrogen-bond donors (Lipinski definition) is 1. The van der Waals surface area contributed by atoms with E-state index in [4.69, 9.17) is 4.42 Å². The van der Waals surface area contributed by atoms with E-state index in [-0.39, 0.29) is 34.3 Å². The van der Waals surface area contributed by atoms with Crippen molar-refractivity contribution in [1.29, 1.82) is 0 Å². The van der Waals surface area contributed by atoms with Crippen LogP contribution >= 0.6 is 11.8 Å².